The molecular weight excluding hydrogens is 519 g/mol. The van der Waals surface area contributed by atoms with Crippen LogP contribution >= 0.6 is 34.5 Å². The van der Waals surface area contributed by atoms with Gasteiger partial charge in [-0.2, -0.15) is 0 Å². The zero-order chi connectivity index (χ0) is 26.4. The number of fused-ring (bicyclic) bond motifs is 1. The van der Waals surface area contributed by atoms with Crippen molar-refractivity contribution in [2.75, 3.05) is 0 Å². The molecule has 0 unspecified atom stereocenters. The van der Waals surface area contributed by atoms with E-state index in [0.29, 0.717) is 37.4 Å². The molecule has 1 amide bonds. The van der Waals surface area contributed by atoms with E-state index in [-0.39, 0.29) is 30.5 Å². The molecule has 0 spiro atoms. The summed E-state index contributed by atoms with van der Waals surface area (Å²) in [6.45, 7) is 9.53. The number of benzene rings is 1. The summed E-state index contributed by atoms with van der Waals surface area (Å²) >= 11 is 14.1. The highest BCUT2D eigenvalue weighted by molar-refractivity contribution is 7.14. The minimum absolute atomic E-state index is 0.0250. The van der Waals surface area contributed by atoms with E-state index in [1.807, 2.05) is 45.0 Å². The Labute approximate surface area is 223 Å². The van der Waals surface area contributed by atoms with Crippen LogP contribution in [0.3, 0.4) is 0 Å². The summed E-state index contributed by atoms with van der Waals surface area (Å²) in [5.41, 5.74) is 5.22. The summed E-state index contributed by atoms with van der Waals surface area (Å²) in [6, 6.07) is 7.55. The second-order valence-corrected chi connectivity index (χ2v) is 9.89. The number of nitrogens with zero attached hydrogens (tertiary/aromatic N) is 2. The highest BCUT2D eigenvalue weighted by Crippen LogP contribution is 2.37. The van der Waals surface area contributed by atoms with Crippen molar-refractivity contribution in [1.82, 2.24) is 20.3 Å². The molecule has 4 aromatic rings. The van der Waals surface area contributed by atoms with Crippen LogP contribution in [0.2, 0.25) is 9.36 Å². The zero-order valence-corrected chi connectivity index (χ0v) is 23.1. The van der Waals surface area contributed by atoms with Crippen molar-refractivity contribution in [3.05, 3.63) is 72.5 Å². The number of ether oxygens (including phenoxy) is 1. The molecule has 0 saturated carbocycles. The number of carbonyl (C=O) groups excluding carboxylic acids is 1. The van der Waals surface area contributed by atoms with Crippen LogP contribution in [0.1, 0.15) is 44.5 Å². The van der Waals surface area contributed by atoms with E-state index in [0.717, 1.165) is 16.6 Å². The lowest BCUT2D eigenvalue weighted by Gasteiger charge is -2.15. The highest BCUT2D eigenvalue weighted by Gasteiger charge is 2.18. The number of para-hydroxylation sites is 1. The van der Waals surface area contributed by atoms with E-state index in [9.17, 15) is 9.59 Å². The molecule has 190 valence electrons. The van der Waals surface area contributed by atoms with Gasteiger partial charge in [-0.05, 0) is 19.1 Å². The zero-order valence-electron chi connectivity index (χ0n) is 20.7. The number of aromatic amines is 1. The third-order valence-corrected chi connectivity index (χ3v) is 6.70. The van der Waals surface area contributed by atoms with Crippen molar-refractivity contribution in [3.63, 3.8) is 0 Å². The van der Waals surface area contributed by atoms with Crippen LogP contribution < -0.4 is 15.6 Å². The van der Waals surface area contributed by atoms with E-state index in [1.165, 1.54) is 17.5 Å². The van der Waals surface area contributed by atoms with E-state index >= 15 is 0 Å². The predicted molar refractivity (Wildman–Crippen MR) is 147 cm³/mol. The van der Waals surface area contributed by atoms with Gasteiger partial charge in [-0.1, -0.05) is 63.0 Å². The number of aryl methyl sites for hydroxylation is 1. The van der Waals surface area contributed by atoms with Crippen molar-refractivity contribution in [1.29, 1.82) is 0 Å². The van der Waals surface area contributed by atoms with Gasteiger partial charge in [0.1, 0.15) is 27.9 Å². The fraction of sp³-hybridized carbons (Fsp3) is 0.308. The third-order valence-electron chi connectivity index (χ3n) is 5.30. The number of hydrogen-bond donors (Lipinski definition) is 2. The monoisotopic (exact) mass is 546 g/mol. The Kier molecular flexibility index (Phi) is 9.48. The number of H-pyrrole nitrogens is 1. The average molecular weight is 548 g/mol. The minimum Gasteiger partial charge on any atom is -0.487 e. The Morgan fingerprint density at radius 1 is 1.22 bits per heavy atom. The quantitative estimate of drug-likeness (QED) is 0.274. The molecule has 0 bridgehead atoms. The van der Waals surface area contributed by atoms with E-state index in [1.54, 1.807) is 19.4 Å². The number of nitrogens with one attached hydrogen (secondary N) is 2. The summed E-state index contributed by atoms with van der Waals surface area (Å²) in [7, 11) is 0. The standard InChI is InChI=1S/C24H22Cl2N4O3S.C2H6/c1-12(2)23(31)27-8-16-17(18(25)9-28-24(16)32)10-33-19-6-4-5-14-15(7-13(3)30-20(14)19)21-22(26)34-11-29-21;1-2/h4-7,9,11-12H,8,10H2,1-3H3,(H,27,31)(H,28,32);1-2H3. The smallest absolute Gasteiger partial charge is 0.253 e. The number of thiazole rings is 1. The average Bonchev–Trinajstić information content (AvgIpc) is 3.29. The molecule has 0 fully saturated rings. The fourth-order valence-corrected chi connectivity index (χ4v) is 4.55. The molecule has 2 N–H and O–H groups in total. The molecule has 10 heteroatoms. The third kappa shape index (κ3) is 6.06. The van der Waals surface area contributed by atoms with Gasteiger partial charge in [0, 0.05) is 46.4 Å². The minimum atomic E-state index is -0.334. The summed E-state index contributed by atoms with van der Waals surface area (Å²) in [5, 5.41) is 3.95. The molecule has 7 nitrogen and oxygen atoms in total. The van der Waals surface area contributed by atoms with Crippen LogP contribution in [0.15, 0.2) is 40.8 Å². The number of hydrogen-bond acceptors (Lipinski definition) is 6. The summed E-state index contributed by atoms with van der Waals surface area (Å²) in [4.78, 5) is 36.2. The van der Waals surface area contributed by atoms with Gasteiger partial charge in [0.25, 0.3) is 5.56 Å². The predicted octanol–water partition coefficient (Wildman–Crippen LogP) is 6.54. The van der Waals surface area contributed by atoms with Crippen LogP contribution in [0.25, 0.3) is 22.2 Å². The summed E-state index contributed by atoms with van der Waals surface area (Å²) in [5.74, 6) is 0.166. The molecule has 0 aliphatic carbocycles. The van der Waals surface area contributed by atoms with Crippen molar-refractivity contribution in [3.8, 4) is 17.0 Å². The second-order valence-electron chi connectivity index (χ2n) is 8.02. The molecule has 1 aromatic carbocycles. The SMILES string of the molecule is CC.Cc1cc(-c2ncsc2Cl)c2cccc(OCc3c(Cl)c[nH]c(=O)c3CNC(=O)C(C)C)c2n1. The molecule has 3 heterocycles. The number of aromatic nitrogens is 3. The van der Waals surface area contributed by atoms with Gasteiger partial charge in [0.05, 0.1) is 10.5 Å². The van der Waals surface area contributed by atoms with Crippen LogP contribution in [0.4, 0.5) is 0 Å². The number of pyridine rings is 2. The van der Waals surface area contributed by atoms with E-state index in [2.05, 4.69) is 20.3 Å². The number of amides is 1. The number of carbonyl (C=O) groups is 1. The fourth-order valence-electron chi connectivity index (χ4n) is 3.53. The van der Waals surface area contributed by atoms with Gasteiger partial charge < -0.3 is 15.0 Å². The van der Waals surface area contributed by atoms with Crippen LogP contribution in [0.5, 0.6) is 5.75 Å². The lowest BCUT2D eigenvalue weighted by Crippen LogP contribution is -2.31. The summed E-state index contributed by atoms with van der Waals surface area (Å²) < 4.78 is 6.73. The Hall–Kier alpha value is -2.94. The molecule has 0 aliphatic heterocycles. The Balaban J connectivity index is 0.00000176. The molecule has 0 aliphatic rings. The van der Waals surface area contributed by atoms with Crippen molar-refractivity contribution in [2.45, 2.75) is 47.8 Å². The largest absolute Gasteiger partial charge is 0.487 e. The van der Waals surface area contributed by atoms with Crippen molar-refractivity contribution < 1.29 is 9.53 Å². The van der Waals surface area contributed by atoms with Gasteiger partial charge in [0.15, 0.2) is 0 Å². The first-order valence-electron chi connectivity index (χ1n) is 11.6. The van der Waals surface area contributed by atoms with Gasteiger partial charge >= 0.3 is 0 Å². The lowest BCUT2D eigenvalue weighted by atomic mass is 10.0. The lowest BCUT2D eigenvalue weighted by molar-refractivity contribution is -0.124. The number of rotatable bonds is 7. The molecule has 36 heavy (non-hydrogen) atoms. The molecule has 0 radical (unpaired) electrons. The van der Waals surface area contributed by atoms with Crippen LogP contribution in [-0.2, 0) is 17.9 Å². The second kappa shape index (κ2) is 12.3. The topological polar surface area (TPSA) is 97.0 Å². The normalized spacial score (nSPS) is 10.8. The first kappa shape index (κ1) is 27.6. The first-order valence-corrected chi connectivity index (χ1v) is 13.2. The molecule has 4 rings (SSSR count). The van der Waals surface area contributed by atoms with Gasteiger partial charge in [0.2, 0.25) is 5.91 Å². The molecule has 0 saturated heterocycles. The Morgan fingerprint density at radius 2 is 1.97 bits per heavy atom. The number of halogens is 2. The summed E-state index contributed by atoms with van der Waals surface area (Å²) in [6.07, 6.45) is 1.42. The van der Waals surface area contributed by atoms with E-state index in [4.69, 9.17) is 27.9 Å². The molecule has 0 atom stereocenters. The van der Waals surface area contributed by atoms with Crippen molar-refractivity contribution >= 4 is 51.3 Å². The maximum atomic E-state index is 12.5. The van der Waals surface area contributed by atoms with Crippen LogP contribution in [0, 0.1) is 12.8 Å². The van der Waals surface area contributed by atoms with Crippen LogP contribution in [-0.4, -0.2) is 20.9 Å². The van der Waals surface area contributed by atoms with Crippen molar-refractivity contribution in [2.24, 2.45) is 5.92 Å². The molecular formula is C26H28Cl2N4O3S. The Morgan fingerprint density at radius 3 is 2.64 bits per heavy atom. The maximum Gasteiger partial charge on any atom is 0.253 e. The van der Waals surface area contributed by atoms with E-state index < -0.39 is 0 Å². The van der Waals surface area contributed by atoms with Gasteiger partial charge in [-0.25, -0.2) is 9.97 Å². The first-order chi connectivity index (χ1) is 17.3. The molecule has 3 aromatic heterocycles. The maximum absolute atomic E-state index is 12.5. The Bertz CT molecular complexity index is 1430. The van der Waals surface area contributed by atoms with Gasteiger partial charge in [-0.3, -0.25) is 9.59 Å². The highest BCUT2D eigenvalue weighted by atomic mass is 35.5. The van der Waals surface area contributed by atoms with Gasteiger partial charge in [-0.15, -0.1) is 11.3 Å².